The Morgan fingerprint density at radius 3 is 2.43 bits per heavy atom. The molecule has 1 aromatic heterocycles. The molecule has 0 aliphatic carbocycles. The second-order valence-corrected chi connectivity index (χ2v) is 6.83. The number of piperidine rings is 1. The van der Waals surface area contributed by atoms with Crippen LogP contribution < -0.4 is 19.5 Å². The van der Waals surface area contributed by atoms with Gasteiger partial charge in [0.15, 0.2) is 11.5 Å². The van der Waals surface area contributed by atoms with E-state index in [1.807, 2.05) is 4.90 Å². The molecule has 1 aliphatic rings. The molecule has 2 heterocycles. The maximum Gasteiger partial charge on any atom is 0.272 e. The lowest BCUT2D eigenvalue weighted by Gasteiger charge is -2.30. The molecule has 0 radical (unpaired) electrons. The van der Waals surface area contributed by atoms with Gasteiger partial charge in [-0.25, -0.2) is 9.97 Å². The van der Waals surface area contributed by atoms with Gasteiger partial charge in [0.2, 0.25) is 5.75 Å². The molecule has 150 valence electrons. The Morgan fingerprint density at radius 2 is 1.82 bits per heavy atom. The lowest BCUT2D eigenvalue weighted by atomic mass is 10.00. The number of nitrogens with zero attached hydrogens (tertiary/aromatic N) is 3. The Bertz CT molecular complexity index is 818. The van der Waals surface area contributed by atoms with Crippen LogP contribution in [-0.4, -0.2) is 55.2 Å². The monoisotopic (exact) mass is 386 g/mol. The van der Waals surface area contributed by atoms with E-state index in [2.05, 4.69) is 22.2 Å². The molecule has 1 aliphatic heterocycles. The summed E-state index contributed by atoms with van der Waals surface area (Å²) in [6.45, 7) is 3.69. The van der Waals surface area contributed by atoms with Crippen molar-refractivity contribution >= 4 is 17.4 Å². The lowest BCUT2D eigenvalue weighted by Crippen LogP contribution is -2.39. The van der Waals surface area contributed by atoms with E-state index in [4.69, 9.17) is 14.2 Å². The van der Waals surface area contributed by atoms with Crippen molar-refractivity contribution in [1.82, 2.24) is 14.9 Å². The van der Waals surface area contributed by atoms with E-state index in [1.54, 1.807) is 39.5 Å². The highest BCUT2D eigenvalue weighted by molar-refractivity contribution is 5.93. The minimum atomic E-state index is -0.0677. The van der Waals surface area contributed by atoms with Crippen LogP contribution in [0.4, 0.5) is 11.5 Å². The number of nitrogens with one attached hydrogen (secondary N) is 1. The Labute approximate surface area is 164 Å². The van der Waals surface area contributed by atoms with Crippen molar-refractivity contribution in [2.24, 2.45) is 5.92 Å². The van der Waals surface area contributed by atoms with Gasteiger partial charge in [-0.05, 0) is 18.8 Å². The molecule has 1 N–H and O–H groups in total. The number of benzene rings is 1. The quantitative estimate of drug-likeness (QED) is 0.816. The smallest absolute Gasteiger partial charge is 0.272 e. The van der Waals surface area contributed by atoms with E-state index in [1.165, 1.54) is 6.33 Å². The minimum absolute atomic E-state index is 0.0677. The summed E-state index contributed by atoms with van der Waals surface area (Å²) in [6.07, 6.45) is 3.57. The van der Waals surface area contributed by atoms with Gasteiger partial charge < -0.3 is 24.4 Å². The first-order valence-electron chi connectivity index (χ1n) is 9.24. The van der Waals surface area contributed by atoms with Crippen LogP contribution in [0.25, 0.3) is 0 Å². The zero-order valence-corrected chi connectivity index (χ0v) is 16.7. The van der Waals surface area contributed by atoms with E-state index in [-0.39, 0.29) is 5.91 Å². The molecule has 0 saturated carbocycles. The topological polar surface area (TPSA) is 85.8 Å². The number of carbonyl (C=O) groups excluding carboxylic acids is 1. The van der Waals surface area contributed by atoms with Crippen molar-refractivity contribution in [3.63, 3.8) is 0 Å². The lowest BCUT2D eigenvalue weighted by molar-refractivity contribution is 0.0677. The summed E-state index contributed by atoms with van der Waals surface area (Å²) in [7, 11) is 4.67. The number of aromatic nitrogens is 2. The number of amides is 1. The third-order valence-electron chi connectivity index (χ3n) is 4.77. The first-order valence-corrected chi connectivity index (χ1v) is 9.24. The molecule has 1 unspecified atom stereocenters. The number of hydrogen-bond acceptors (Lipinski definition) is 7. The molecule has 0 spiro atoms. The van der Waals surface area contributed by atoms with Crippen molar-refractivity contribution < 1.29 is 19.0 Å². The second kappa shape index (κ2) is 8.77. The van der Waals surface area contributed by atoms with Gasteiger partial charge >= 0.3 is 0 Å². The first-order chi connectivity index (χ1) is 13.5. The normalized spacial score (nSPS) is 16.4. The van der Waals surface area contributed by atoms with Crippen molar-refractivity contribution in [3.05, 3.63) is 30.2 Å². The number of methoxy groups -OCH3 is 3. The zero-order chi connectivity index (χ0) is 20.1. The van der Waals surface area contributed by atoms with Gasteiger partial charge in [0.1, 0.15) is 17.8 Å². The highest BCUT2D eigenvalue weighted by Crippen LogP contribution is 2.40. The van der Waals surface area contributed by atoms with Crippen LogP contribution in [0.5, 0.6) is 17.2 Å². The number of anilines is 2. The number of carbonyl (C=O) groups is 1. The number of rotatable bonds is 6. The summed E-state index contributed by atoms with van der Waals surface area (Å²) in [5.41, 5.74) is 1.07. The Hall–Kier alpha value is -3.03. The minimum Gasteiger partial charge on any atom is -0.493 e. The van der Waals surface area contributed by atoms with E-state index in [0.29, 0.717) is 40.4 Å². The van der Waals surface area contributed by atoms with Crippen LogP contribution in [0, 0.1) is 5.92 Å². The highest BCUT2D eigenvalue weighted by Gasteiger charge is 2.23. The Balaban J connectivity index is 1.82. The summed E-state index contributed by atoms with van der Waals surface area (Å²) in [5.74, 6) is 2.51. The number of hydrogen-bond donors (Lipinski definition) is 1. The number of ether oxygens (including phenoxy) is 3. The standard InChI is InChI=1S/C20H26N4O4/c1-13-6-5-7-24(11-13)20(25)15-10-18(22-12-21-15)23-14-8-16(26-2)19(28-4)17(9-14)27-3/h8-10,12-13H,5-7,11H2,1-4H3,(H,21,22,23). The largest absolute Gasteiger partial charge is 0.493 e. The molecule has 28 heavy (non-hydrogen) atoms. The molecule has 2 aromatic rings. The highest BCUT2D eigenvalue weighted by atomic mass is 16.5. The molecule has 3 rings (SSSR count). The maximum atomic E-state index is 12.8. The van der Waals surface area contributed by atoms with Gasteiger partial charge in [-0.15, -0.1) is 0 Å². The van der Waals surface area contributed by atoms with Crippen molar-refractivity contribution in [3.8, 4) is 17.2 Å². The predicted molar refractivity (Wildman–Crippen MR) is 106 cm³/mol. The van der Waals surface area contributed by atoms with E-state index in [9.17, 15) is 4.79 Å². The molecular weight excluding hydrogens is 360 g/mol. The summed E-state index contributed by atoms with van der Waals surface area (Å²) >= 11 is 0. The summed E-state index contributed by atoms with van der Waals surface area (Å²) < 4.78 is 16.1. The van der Waals surface area contributed by atoms with Crippen LogP contribution in [0.3, 0.4) is 0 Å². The predicted octanol–water partition coefficient (Wildman–Crippen LogP) is 3.12. The van der Waals surface area contributed by atoms with Gasteiger partial charge in [-0.2, -0.15) is 0 Å². The molecular formula is C20H26N4O4. The van der Waals surface area contributed by atoms with Crippen molar-refractivity contribution in [1.29, 1.82) is 0 Å². The van der Waals surface area contributed by atoms with Crippen LogP contribution in [0.15, 0.2) is 24.5 Å². The summed E-state index contributed by atoms with van der Waals surface area (Å²) in [5, 5.41) is 3.17. The first kappa shape index (κ1) is 19.7. The molecule has 8 heteroatoms. The molecule has 1 atom stereocenters. The molecule has 1 saturated heterocycles. The van der Waals surface area contributed by atoms with E-state index in [0.717, 1.165) is 25.9 Å². The van der Waals surface area contributed by atoms with Gasteiger partial charge in [0.05, 0.1) is 21.3 Å². The van der Waals surface area contributed by atoms with Gasteiger partial charge in [-0.1, -0.05) is 6.92 Å². The summed E-state index contributed by atoms with van der Waals surface area (Å²) in [4.78, 5) is 23.0. The molecule has 1 aromatic carbocycles. The van der Waals surface area contributed by atoms with Crippen molar-refractivity contribution in [2.75, 3.05) is 39.7 Å². The third kappa shape index (κ3) is 4.27. The Kier molecular flexibility index (Phi) is 6.18. The van der Waals surface area contributed by atoms with Gasteiger partial charge in [0.25, 0.3) is 5.91 Å². The average molecular weight is 386 g/mol. The van der Waals surface area contributed by atoms with Crippen LogP contribution in [0.1, 0.15) is 30.3 Å². The zero-order valence-electron chi connectivity index (χ0n) is 16.7. The molecule has 1 fully saturated rings. The fourth-order valence-corrected chi connectivity index (χ4v) is 3.38. The van der Waals surface area contributed by atoms with Crippen LogP contribution in [0.2, 0.25) is 0 Å². The van der Waals surface area contributed by atoms with E-state index >= 15 is 0 Å². The van der Waals surface area contributed by atoms with Crippen LogP contribution >= 0.6 is 0 Å². The SMILES string of the molecule is COc1cc(Nc2cc(C(=O)N3CCCC(C)C3)ncn2)cc(OC)c1OC. The average Bonchev–Trinajstić information content (AvgIpc) is 2.72. The fraction of sp³-hybridized carbons (Fsp3) is 0.450. The van der Waals surface area contributed by atoms with Gasteiger partial charge in [0, 0.05) is 37.0 Å². The van der Waals surface area contributed by atoms with Crippen molar-refractivity contribution in [2.45, 2.75) is 19.8 Å². The molecule has 1 amide bonds. The third-order valence-corrected chi connectivity index (χ3v) is 4.77. The fourth-order valence-electron chi connectivity index (χ4n) is 3.38. The summed E-state index contributed by atoms with van der Waals surface area (Å²) in [6, 6.07) is 5.21. The maximum absolute atomic E-state index is 12.8. The van der Waals surface area contributed by atoms with Crippen LogP contribution in [-0.2, 0) is 0 Å². The molecule has 0 bridgehead atoms. The molecule has 8 nitrogen and oxygen atoms in total. The number of likely N-dealkylation sites (tertiary alicyclic amines) is 1. The Morgan fingerprint density at radius 1 is 1.11 bits per heavy atom. The van der Waals surface area contributed by atoms with Gasteiger partial charge in [-0.3, -0.25) is 4.79 Å². The second-order valence-electron chi connectivity index (χ2n) is 6.83. The van der Waals surface area contributed by atoms with E-state index < -0.39 is 0 Å².